The summed E-state index contributed by atoms with van der Waals surface area (Å²) in [5.74, 6) is 1.59. The molecule has 1 aliphatic heterocycles. The van der Waals surface area contributed by atoms with Crippen molar-refractivity contribution >= 4 is 5.78 Å². The van der Waals surface area contributed by atoms with Crippen LogP contribution < -0.4 is 15.2 Å². The third kappa shape index (κ3) is 9.37. The molecule has 0 bridgehead atoms. The first-order valence-electron chi connectivity index (χ1n) is 18.0. The van der Waals surface area contributed by atoms with Crippen molar-refractivity contribution in [1.29, 1.82) is 0 Å². The van der Waals surface area contributed by atoms with Crippen LogP contribution in [-0.2, 0) is 23.1 Å². The van der Waals surface area contributed by atoms with Gasteiger partial charge in [-0.3, -0.25) is 9.69 Å². The Morgan fingerprint density at radius 3 is 2.08 bits per heavy atom. The summed E-state index contributed by atoms with van der Waals surface area (Å²) in [7, 11) is 3.41. The Balaban J connectivity index is 1.34. The van der Waals surface area contributed by atoms with Gasteiger partial charge in [-0.1, -0.05) is 79.2 Å². The number of carbonyl (C=O) groups excluding carboxylic acids is 1. The minimum atomic E-state index is -0.249. The van der Waals surface area contributed by atoms with Crippen LogP contribution in [0, 0.1) is 5.82 Å². The molecule has 0 aliphatic carbocycles. The number of hydrogen-bond acceptors (Lipinski definition) is 5. The quantitative estimate of drug-likeness (QED) is 0.101. The van der Waals surface area contributed by atoms with Crippen molar-refractivity contribution in [2.45, 2.75) is 82.1 Å². The summed E-state index contributed by atoms with van der Waals surface area (Å²) in [6, 6.07) is 32.9. The number of nitrogens with two attached hydrogens (primary N) is 1. The summed E-state index contributed by atoms with van der Waals surface area (Å²) in [5.41, 5.74) is 12.0. The van der Waals surface area contributed by atoms with Gasteiger partial charge in [-0.2, -0.15) is 0 Å². The minimum Gasteiger partial charge on any atom is -0.493 e. The van der Waals surface area contributed by atoms with Crippen LogP contribution in [0.1, 0.15) is 91.6 Å². The lowest BCUT2D eigenvalue weighted by Gasteiger charge is -2.40. The van der Waals surface area contributed by atoms with Crippen LogP contribution in [0.2, 0.25) is 0 Å². The Morgan fingerprint density at radius 1 is 0.816 bits per heavy atom. The van der Waals surface area contributed by atoms with Gasteiger partial charge in [0.15, 0.2) is 11.5 Å². The smallest absolute Gasteiger partial charge is 0.161 e. The average Bonchev–Trinajstić information content (AvgIpc) is 3.14. The zero-order valence-corrected chi connectivity index (χ0v) is 29.3. The predicted molar refractivity (Wildman–Crippen MR) is 197 cm³/mol. The molecule has 1 atom stereocenters. The van der Waals surface area contributed by atoms with E-state index in [0.29, 0.717) is 31.8 Å². The first-order chi connectivity index (χ1) is 24.0. The van der Waals surface area contributed by atoms with Crippen LogP contribution in [0.5, 0.6) is 11.5 Å². The summed E-state index contributed by atoms with van der Waals surface area (Å²) in [4.78, 5) is 15.8. The van der Waals surface area contributed by atoms with Gasteiger partial charge in [0.1, 0.15) is 11.6 Å². The van der Waals surface area contributed by atoms with Gasteiger partial charge >= 0.3 is 0 Å². The molecule has 4 aromatic rings. The van der Waals surface area contributed by atoms with Crippen LogP contribution in [0.25, 0.3) is 0 Å². The number of rotatable bonds is 19. The number of unbranched alkanes of at least 4 members (excludes halogenated alkanes) is 1. The van der Waals surface area contributed by atoms with E-state index in [2.05, 4.69) is 77.7 Å². The number of nitrogens with zero attached hydrogens (tertiary/aromatic N) is 1. The average molecular weight is 665 g/mol. The number of hydrogen-bond donors (Lipinski definition) is 1. The zero-order valence-electron chi connectivity index (χ0n) is 29.3. The predicted octanol–water partition coefficient (Wildman–Crippen LogP) is 9.01. The van der Waals surface area contributed by atoms with Crippen LogP contribution in [0.4, 0.5) is 4.39 Å². The van der Waals surface area contributed by atoms with E-state index in [-0.39, 0.29) is 17.0 Å². The highest BCUT2D eigenvalue weighted by molar-refractivity contribution is 5.78. The summed E-state index contributed by atoms with van der Waals surface area (Å²) in [6.45, 7) is 2.69. The first kappa shape index (κ1) is 36.3. The molecule has 49 heavy (non-hydrogen) atoms. The standard InChI is InChI=1S/C43H53FN2O3/c1-48-41-31-34-25-30-46(40(18-9-10-28-45)39(34)32-42(41)49-2)29-12-27-43(35-13-5-3-6-14-35,36-15-7-4-8-16-36)26-11-17-38(47)24-21-33-19-22-37(44)23-20-33/h3-8,13-16,19-20,22-23,31-32,40H,9-12,17-18,21,24-30,45H2,1-2H3. The van der Waals surface area contributed by atoms with Gasteiger partial charge in [-0.05, 0) is 117 Å². The number of carbonyl (C=O) groups is 1. The molecule has 0 amide bonds. The van der Waals surface area contributed by atoms with Crippen molar-refractivity contribution < 1.29 is 18.7 Å². The monoisotopic (exact) mass is 664 g/mol. The minimum absolute atomic E-state index is 0.209. The summed E-state index contributed by atoms with van der Waals surface area (Å²) in [6.07, 6.45) is 9.51. The van der Waals surface area contributed by atoms with Gasteiger partial charge in [-0.25, -0.2) is 4.39 Å². The van der Waals surface area contributed by atoms with E-state index in [1.54, 1.807) is 26.4 Å². The van der Waals surface area contributed by atoms with Crippen molar-refractivity contribution in [2.75, 3.05) is 33.9 Å². The number of aryl methyl sites for hydroxylation is 1. The van der Waals surface area contributed by atoms with E-state index >= 15 is 0 Å². The highest BCUT2D eigenvalue weighted by Crippen LogP contribution is 2.43. The molecule has 2 N–H and O–H groups in total. The molecule has 5 nitrogen and oxygen atoms in total. The fourth-order valence-corrected chi connectivity index (χ4v) is 7.78. The molecule has 1 unspecified atom stereocenters. The topological polar surface area (TPSA) is 64.8 Å². The lowest BCUT2D eigenvalue weighted by atomic mass is 9.68. The SMILES string of the molecule is COc1cc2c(cc1OC)C(CCCCN)N(CCCC(CCCC(=O)CCc1ccc(F)cc1)(c1ccccc1)c1ccccc1)CC2. The largest absolute Gasteiger partial charge is 0.493 e. The number of halogens is 1. The molecule has 0 spiro atoms. The number of ether oxygens (including phenoxy) is 2. The van der Waals surface area contributed by atoms with Crippen LogP contribution in [0.15, 0.2) is 97.1 Å². The van der Waals surface area contributed by atoms with Crippen molar-refractivity contribution in [2.24, 2.45) is 5.73 Å². The normalized spacial score (nSPS) is 14.7. The lowest BCUT2D eigenvalue weighted by molar-refractivity contribution is -0.119. The van der Waals surface area contributed by atoms with E-state index in [9.17, 15) is 9.18 Å². The third-order valence-corrected chi connectivity index (χ3v) is 10.4. The van der Waals surface area contributed by atoms with Gasteiger partial charge in [0.2, 0.25) is 0 Å². The van der Waals surface area contributed by atoms with Gasteiger partial charge < -0.3 is 15.2 Å². The maximum absolute atomic E-state index is 13.4. The molecular weight excluding hydrogens is 611 g/mol. The highest BCUT2D eigenvalue weighted by Gasteiger charge is 2.35. The van der Waals surface area contributed by atoms with E-state index in [4.69, 9.17) is 15.2 Å². The van der Waals surface area contributed by atoms with Crippen LogP contribution in [0.3, 0.4) is 0 Å². The summed E-state index contributed by atoms with van der Waals surface area (Å²) in [5, 5.41) is 0. The van der Waals surface area contributed by atoms with Crippen molar-refractivity contribution in [3.63, 3.8) is 0 Å². The van der Waals surface area contributed by atoms with Crippen molar-refractivity contribution in [1.82, 2.24) is 4.90 Å². The molecule has 1 heterocycles. The Hall–Kier alpha value is -4.00. The second-order valence-corrected chi connectivity index (χ2v) is 13.4. The number of fused-ring (bicyclic) bond motifs is 1. The lowest BCUT2D eigenvalue weighted by Crippen LogP contribution is -2.37. The number of methoxy groups -OCH3 is 2. The van der Waals surface area contributed by atoms with Gasteiger partial charge in [-0.15, -0.1) is 0 Å². The van der Waals surface area contributed by atoms with Gasteiger partial charge in [0.05, 0.1) is 14.2 Å². The summed E-state index contributed by atoms with van der Waals surface area (Å²) < 4.78 is 24.7. The fraction of sp³-hybridized carbons (Fsp3) is 0.419. The van der Waals surface area contributed by atoms with Crippen LogP contribution in [-0.4, -0.2) is 44.5 Å². The van der Waals surface area contributed by atoms with Crippen molar-refractivity contribution in [3.8, 4) is 11.5 Å². The molecule has 5 rings (SSSR count). The van der Waals surface area contributed by atoms with Crippen molar-refractivity contribution in [3.05, 3.63) is 131 Å². The molecule has 0 radical (unpaired) electrons. The molecule has 1 aliphatic rings. The molecule has 0 fully saturated rings. The van der Waals surface area contributed by atoms with Gasteiger partial charge in [0.25, 0.3) is 0 Å². The number of ketones is 1. The molecule has 0 saturated carbocycles. The number of Topliss-reactive ketones (excluding diaryl/α,β-unsaturated/α-hetero) is 1. The fourth-order valence-electron chi connectivity index (χ4n) is 7.78. The van der Waals surface area contributed by atoms with Gasteiger partial charge in [0, 0.05) is 30.8 Å². The molecule has 260 valence electrons. The Labute approximate surface area is 292 Å². The van der Waals surface area contributed by atoms with E-state index in [1.165, 1.54) is 34.4 Å². The molecule has 4 aromatic carbocycles. The molecule has 0 saturated heterocycles. The second-order valence-electron chi connectivity index (χ2n) is 13.4. The zero-order chi connectivity index (χ0) is 34.5. The Morgan fingerprint density at radius 2 is 1.45 bits per heavy atom. The Bertz CT molecular complexity index is 1550. The number of benzene rings is 4. The van der Waals surface area contributed by atoms with E-state index in [1.807, 2.05) is 0 Å². The molecule has 0 aromatic heterocycles. The van der Waals surface area contributed by atoms with Crippen LogP contribution >= 0.6 is 0 Å². The maximum atomic E-state index is 13.4. The molecule has 6 heteroatoms. The van der Waals surface area contributed by atoms with E-state index < -0.39 is 0 Å². The summed E-state index contributed by atoms with van der Waals surface area (Å²) >= 11 is 0. The maximum Gasteiger partial charge on any atom is 0.161 e. The first-order valence-corrected chi connectivity index (χ1v) is 18.0. The highest BCUT2D eigenvalue weighted by atomic mass is 19.1. The Kier molecular flexibility index (Phi) is 13.4. The van der Waals surface area contributed by atoms with E-state index in [0.717, 1.165) is 81.5 Å². The molecular formula is C43H53FN2O3. The second kappa shape index (κ2) is 18.1. The third-order valence-electron chi connectivity index (χ3n) is 10.4.